The predicted octanol–water partition coefficient (Wildman–Crippen LogP) is 4.43. The number of hydrogen-bond acceptors (Lipinski definition) is 1. The summed E-state index contributed by atoms with van der Waals surface area (Å²) in [5.41, 5.74) is 1.28. The molecule has 96 valence electrons. The van der Waals surface area contributed by atoms with Gasteiger partial charge in [-0.3, -0.25) is 0 Å². The first-order valence-corrected chi connectivity index (χ1v) is 7.59. The number of para-hydroxylation sites is 1. The average molecular weight is 251 g/mol. The van der Waals surface area contributed by atoms with Gasteiger partial charge in [-0.25, -0.2) is 0 Å². The largest absolute Gasteiger partial charge is 0.388 e. The van der Waals surface area contributed by atoms with Crippen LogP contribution in [0.25, 0.3) is 0 Å². The van der Waals surface area contributed by atoms with E-state index >= 15 is 0 Å². The van der Waals surface area contributed by atoms with Crippen LogP contribution in [0.3, 0.4) is 0 Å². The number of rotatable bonds is 2. The molecular weight excluding hydrogens is 225 g/mol. The van der Waals surface area contributed by atoms with Crippen molar-refractivity contribution in [1.29, 1.82) is 0 Å². The van der Waals surface area contributed by atoms with E-state index < -0.39 is 0 Å². The summed E-state index contributed by atoms with van der Waals surface area (Å²) in [7, 11) is 1.78. The van der Waals surface area contributed by atoms with Gasteiger partial charge in [-0.05, 0) is 16.4 Å². The topological polar surface area (TPSA) is 12.0 Å². The van der Waals surface area contributed by atoms with Crippen LogP contribution in [0.2, 0.25) is 0 Å². The van der Waals surface area contributed by atoms with Crippen LogP contribution in [0.5, 0.6) is 0 Å². The van der Waals surface area contributed by atoms with Gasteiger partial charge in [-0.2, -0.15) is 0 Å². The van der Waals surface area contributed by atoms with Gasteiger partial charge in [-0.15, -0.1) is 0 Å². The molecule has 0 fully saturated rings. The summed E-state index contributed by atoms with van der Waals surface area (Å²) in [5, 5.41) is 5.47. The van der Waals surface area contributed by atoms with E-state index in [1.165, 1.54) is 11.0 Å². The Morgan fingerprint density at radius 1 is 0.882 bits per heavy atom. The van der Waals surface area contributed by atoms with Crippen LogP contribution in [0.15, 0.2) is 24.3 Å². The summed E-state index contributed by atoms with van der Waals surface area (Å²) in [6.07, 6.45) is 0. The van der Waals surface area contributed by atoms with E-state index in [0.717, 1.165) is 0 Å². The van der Waals surface area contributed by atoms with Crippen molar-refractivity contribution >= 4 is 18.9 Å². The van der Waals surface area contributed by atoms with Crippen LogP contribution in [0.1, 0.15) is 41.5 Å². The van der Waals surface area contributed by atoms with Gasteiger partial charge in [0.25, 0.3) is 0 Å². The van der Waals surface area contributed by atoms with Crippen molar-refractivity contribution in [2.75, 3.05) is 12.4 Å². The summed E-state index contributed by atoms with van der Waals surface area (Å²) >= 11 is 0. The minimum absolute atomic E-state index is 0.227. The third-order valence-corrected chi connectivity index (χ3v) is 6.31. The van der Waals surface area contributed by atoms with E-state index in [0.29, 0.717) is 10.3 Å². The minimum Gasteiger partial charge on any atom is -0.388 e. The second-order valence-electron chi connectivity index (χ2n) is 6.44. The van der Waals surface area contributed by atoms with Gasteiger partial charge in [-0.1, -0.05) is 67.7 Å². The van der Waals surface area contributed by atoms with E-state index in [2.05, 4.69) is 71.1 Å². The molecule has 0 bridgehead atoms. The molecule has 0 spiro atoms. The SMILES string of the molecule is CNc1ccccc1P(C(C)(C)C)C(C)(C)C. The first-order chi connectivity index (χ1) is 7.68. The molecule has 1 aromatic carbocycles. The van der Waals surface area contributed by atoms with E-state index in [-0.39, 0.29) is 7.92 Å². The quantitative estimate of drug-likeness (QED) is 0.767. The third-order valence-electron chi connectivity index (χ3n) is 2.76. The van der Waals surface area contributed by atoms with E-state index in [1.807, 2.05) is 7.05 Å². The zero-order valence-electron chi connectivity index (χ0n) is 12.3. The zero-order valence-corrected chi connectivity index (χ0v) is 13.2. The molecular formula is C15H26NP. The summed E-state index contributed by atoms with van der Waals surface area (Å²) in [6, 6.07) is 8.73. The summed E-state index contributed by atoms with van der Waals surface area (Å²) in [4.78, 5) is 0. The Kier molecular flexibility index (Phi) is 4.25. The second-order valence-corrected chi connectivity index (χ2v) is 10.3. The van der Waals surface area contributed by atoms with Gasteiger partial charge in [0, 0.05) is 18.0 Å². The molecule has 0 amide bonds. The van der Waals surface area contributed by atoms with Gasteiger partial charge in [0.05, 0.1) is 0 Å². The Labute approximate surface area is 108 Å². The van der Waals surface area contributed by atoms with Crippen LogP contribution in [-0.4, -0.2) is 17.4 Å². The maximum Gasteiger partial charge on any atom is 0.0416 e. The lowest BCUT2D eigenvalue weighted by Gasteiger charge is -2.42. The van der Waals surface area contributed by atoms with Crippen LogP contribution in [0, 0.1) is 0 Å². The lowest BCUT2D eigenvalue weighted by atomic mass is 10.2. The minimum atomic E-state index is -0.227. The van der Waals surface area contributed by atoms with Crippen molar-refractivity contribution in [2.45, 2.75) is 51.9 Å². The standard InChI is InChI=1S/C15H26NP/c1-14(2,3)17(15(4,5)6)13-11-9-8-10-12(13)16-7/h8-11,16H,1-7H3. The Hall–Kier alpha value is -0.550. The van der Waals surface area contributed by atoms with Gasteiger partial charge in [0.15, 0.2) is 0 Å². The first kappa shape index (κ1) is 14.5. The van der Waals surface area contributed by atoms with Crippen LogP contribution < -0.4 is 10.6 Å². The molecule has 0 aromatic heterocycles. The smallest absolute Gasteiger partial charge is 0.0416 e. The molecule has 0 unspecified atom stereocenters. The van der Waals surface area contributed by atoms with E-state index in [4.69, 9.17) is 0 Å². The van der Waals surface area contributed by atoms with Crippen molar-refractivity contribution < 1.29 is 0 Å². The maximum atomic E-state index is 3.34. The van der Waals surface area contributed by atoms with Crippen molar-refractivity contribution in [3.8, 4) is 0 Å². The van der Waals surface area contributed by atoms with Gasteiger partial charge >= 0.3 is 0 Å². The molecule has 17 heavy (non-hydrogen) atoms. The first-order valence-electron chi connectivity index (χ1n) is 6.25. The van der Waals surface area contributed by atoms with Crippen LogP contribution in [-0.2, 0) is 0 Å². The summed E-state index contributed by atoms with van der Waals surface area (Å²) in [5.74, 6) is 0. The fourth-order valence-electron chi connectivity index (χ4n) is 2.61. The fourth-order valence-corrected chi connectivity index (χ4v) is 6.73. The normalized spacial score (nSPS) is 12.9. The Bertz CT molecular complexity index is 357. The molecule has 0 atom stereocenters. The summed E-state index contributed by atoms with van der Waals surface area (Å²) < 4.78 is 0. The molecule has 0 aliphatic rings. The molecule has 0 saturated carbocycles. The number of benzene rings is 1. The monoisotopic (exact) mass is 251 g/mol. The molecule has 0 radical (unpaired) electrons. The van der Waals surface area contributed by atoms with Crippen molar-refractivity contribution in [2.24, 2.45) is 0 Å². The molecule has 0 aliphatic heterocycles. The van der Waals surface area contributed by atoms with Gasteiger partial charge < -0.3 is 5.32 Å². The third kappa shape index (κ3) is 3.45. The van der Waals surface area contributed by atoms with Crippen LogP contribution >= 0.6 is 7.92 Å². The molecule has 0 aliphatic carbocycles. The highest BCUT2D eigenvalue weighted by molar-refractivity contribution is 7.68. The highest BCUT2D eigenvalue weighted by Gasteiger charge is 2.36. The molecule has 0 heterocycles. The lowest BCUT2D eigenvalue weighted by Crippen LogP contribution is -2.32. The molecule has 1 nitrogen and oxygen atoms in total. The van der Waals surface area contributed by atoms with E-state index in [9.17, 15) is 0 Å². The van der Waals surface area contributed by atoms with Crippen molar-refractivity contribution in [3.63, 3.8) is 0 Å². The Morgan fingerprint density at radius 2 is 1.35 bits per heavy atom. The van der Waals surface area contributed by atoms with Gasteiger partial charge in [0.1, 0.15) is 0 Å². The second kappa shape index (κ2) is 4.98. The average Bonchev–Trinajstić information content (AvgIpc) is 2.14. The highest BCUT2D eigenvalue weighted by Crippen LogP contribution is 2.59. The molecule has 1 rings (SSSR count). The molecule has 2 heteroatoms. The molecule has 1 aromatic rings. The lowest BCUT2D eigenvalue weighted by molar-refractivity contribution is 0.715. The highest BCUT2D eigenvalue weighted by atomic mass is 31.1. The van der Waals surface area contributed by atoms with E-state index in [1.54, 1.807) is 0 Å². The van der Waals surface area contributed by atoms with Gasteiger partial charge in [0.2, 0.25) is 0 Å². The Balaban J connectivity index is 3.33. The Morgan fingerprint density at radius 3 is 1.76 bits per heavy atom. The number of hydrogen-bond donors (Lipinski definition) is 1. The molecule has 1 N–H and O–H groups in total. The maximum absolute atomic E-state index is 3.34. The number of anilines is 1. The zero-order chi connectivity index (χ0) is 13.3. The van der Waals surface area contributed by atoms with Crippen molar-refractivity contribution in [3.05, 3.63) is 24.3 Å². The predicted molar refractivity (Wildman–Crippen MR) is 82.0 cm³/mol. The van der Waals surface area contributed by atoms with Crippen LogP contribution in [0.4, 0.5) is 5.69 Å². The summed E-state index contributed by atoms with van der Waals surface area (Å²) in [6.45, 7) is 14.1. The number of nitrogens with one attached hydrogen (secondary N) is 1. The fraction of sp³-hybridized carbons (Fsp3) is 0.600. The molecule has 0 saturated heterocycles. The van der Waals surface area contributed by atoms with Crippen molar-refractivity contribution in [1.82, 2.24) is 0 Å².